The van der Waals surface area contributed by atoms with Gasteiger partial charge in [-0.3, -0.25) is 14.6 Å². The molecule has 0 aliphatic heterocycles. The van der Waals surface area contributed by atoms with Crippen molar-refractivity contribution in [3.05, 3.63) is 22.8 Å². The number of methoxy groups -OCH3 is 2. The number of hydrogen-bond acceptors (Lipinski definition) is 8. The van der Waals surface area contributed by atoms with Gasteiger partial charge in [-0.1, -0.05) is 0 Å². The molecule has 0 aliphatic rings. The lowest BCUT2D eigenvalue weighted by Crippen LogP contribution is -2.44. The average Bonchev–Trinajstić information content (AvgIpc) is 2.73. The highest BCUT2D eigenvalue weighted by Gasteiger charge is 2.23. The summed E-state index contributed by atoms with van der Waals surface area (Å²) in [7, 11) is 0.444. The van der Waals surface area contributed by atoms with E-state index in [1.54, 1.807) is 33.9 Å². The molecule has 0 aromatic heterocycles. The highest BCUT2D eigenvalue weighted by molar-refractivity contribution is 7.90. The van der Waals surface area contributed by atoms with E-state index in [9.17, 15) is 18.0 Å². The number of nitrogens with one attached hydrogen (secondary N) is 3. The van der Waals surface area contributed by atoms with Crippen molar-refractivity contribution in [2.24, 2.45) is 10.7 Å². The third-order valence-electron chi connectivity index (χ3n) is 4.94. The second kappa shape index (κ2) is 12.2. The molecule has 0 radical (unpaired) electrons. The summed E-state index contributed by atoms with van der Waals surface area (Å²) in [6, 6.07) is 1.12. The van der Waals surface area contributed by atoms with E-state index in [1.165, 1.54) is 14.2 Å². The Kier molecular flexibility index (Phi) is 10.4. The Morgan fingerprint density at radius 2 is 1.84 bits per heavy atom. The maximum atomic E-state index is 12.9. The van der Waals surface area contributed by atoms with Crippen molar-refractivity contribution in [3.63, 3.8) is 0 Å². The molecule has 0 spiro atoms. The number of carbonyl (C=O) groups excluding carboxylic acids is 2. The fourth-order valence-corrected chi connectivity index (χ4v) is 4.60. The van der Waals surface area contributed by atoms with Gasteiger partial charge >= 0.3 is 5.97 Å². The van der Waals surface area contributed by atoms with Gasteiger partial charge < -0.3 is 25.8 Å². The van der Waals surface area contributed by atoms with Crippen molar-refractivity contribution in [3.8, 4) is 5.75 Å². The fourth-order valence-electron chi connectivity index (χ4n) is 3.12. The number of hydrogen-bond donors (Lipinski definition) is 4. The van der Waals surface area contributed by atoms with Crippen molar-refractivity contribution in [1.29, 1.82) is 0 Å². The zero-order valence-corrected chi connectivity index (χ0v) is 20.2. The molecule has 32 heavy (non-hydrogen) atoms. The van der Waals surface area contributed by atoms with Crippen LogP contribution in [-0.4, -0.2) is 66.7 Å². The van der Waals surface area contributed by atoms with Gasteiger partial charge in [0.15, 0.2) is 0 Å². The molecule has 0 unspecified atom stereocenters. The maximum absolute atomic E-state index is 12.9. The Bertz CT molecular complexity index is 962. The summed E-state index contributed by atoms with van der Waals surface area (Å²) in [5, 5.41) is 5.32. The Balaban J connectivity index is 2.74. The van der Waals surface area contributed by atoms with Gasteiger partial charge in [-0.2, -0.15) is 0 Å². The van der Waals surface area contributed by atoms with Crippen molar-refractivity contribution in [1.82, 2.24) is 15.4 Å². The highest BCUT2D eigenvalue weighted by atomic mass is 32.2. The normalized spacial score (nSPS) is 12.8. The summed E-state index contributed by atoms with van der Waals surface area (Å²) >= 11 is 0. The number of sulfonamides is 1. The first-order valence-electron chi connectivity index (χ1n) is 9.97. The van der Waals surface area contributed by atoms with Gasteiger partial charge in [0.1, 0.15) is 12.3 Å². The summed E-state index contributed by atoms with van der Waals surface area (Å²) in [6.07, 6.45) is 0.863. The molecule has 1 rings (SSSR count). The molecule has 180 valence electrons. The number of likely N-dealkylation sites (N-methyl/N-ethyl adjacent to an activating group) is 1. The third-order valence-corrected chi connectivity index (χ3v) is 6.58. The first kappa shape index (κ1) is 27.2. The monoisotopic (exact) mass is 471 g/mol. The van der Waals surface area contributed by atoms with Crippen LogP contribution in [0.1, 0.15) is 29.5 Å². The van der Waals surface area contributed by atoms with E-state index in [-0.39, 0.29) is 29.9 Å². The van der Waals surface area contributed by atoms with Crippen LogP contribution in [0.25, 0.3) is 0 Å². The van der Waals surface area contributed by atoms with Crippen LogP contribution in [0.15, 0.2) is 16.0 Å². The van der Waals surface area contributed by atoms with Crippen LogP contribution >= 0.6 is 0 Å². The van der Waals surface area contributed by atoms with Crippen molar-refractivity contribution in [2.75, 3.05) is 34.4 Å². The lowest BCUT2D eigenvalue weighted by Gasteiger charge is -2.17. The van der Waals surface area contributed by atoms with Gasteiger partial charge in [-0.15, -0.1) is 0 Å². The second-order valence-corrected chi connectivity index (χ2v) is 8.74. The highest BCUT2D eigenvalue weighted by Crippen LogP contribution is 2.30. The second-order valence-electron chi connectivity index (χ2n) is 7.12. The van der Waals surface area contributed by atoms with E-state index >= 15 is 0 Å². The summed E-state index contributed by atoms with van der Waals surface area (Å²) in [5.74, 6) is -0.532. The molecule has 0 aliphatic carbocycles. The van der Waals surface area contributed by atoms with Gasteiger partial charge in [0.25, 0.3) is 10.0 Å². The molecular formula is C20H33N5O6S. The number of esters is 1. The topological polar surface area (TPSA) is 161 Å². The van der Waals surface area contributed by atoms with Gasteiger partial charge in [0, 0.05) is 6.54 Å². The van der Waals surface area contributed by atoms with Crippen molar-refractivity contribution in [2.45, 2.75) is 44.6 Å². The molecule has 0 saturated carbocycles. The van der Waals surface area contributed by atoms with E-state index in [4.69, 9.17) is 10.5 Å². The third kappa shape index (κ3) is 7.38. The summed E-state index contributed by atoms with van der Waals surface area (Å²) in [4.78, 5) is 27.4. The number of nitrogens with zero attached hydrogens (tertiary/aromatic N) is 1. The fraction of sp³-hybridized carbons (Fsp3) is 0.550. The molecule has 1 aromatic carbocycles. The molecule has 5 N–H and O–H groups in total. The molecular weight excluding hydrogens is 438 g/mol. The first-order valence-corrected chi connectivity index (χ1v) is 11.5. The number of nitrogens with two attached hydrogens (primary N) is 1. The molecule has 12 heteroatoms. The van der Waals surface area contributed by atoms with Gasteiger partial charge in [-0.25, -0.2) is 13.1 Å². The van der Waals surface area contributed by atoms with E-state index in [0.717, 1.165) is 5.56 Å². The van der Waals surface area contributed by atoms with Crippen LogP contribution in [0.3, 0.4) is 0 Å². The van der Waals surface area contributed by atoms with Crippen LogP contribution in [0, 0.1) is 20.8 Å². The first-order chi connectivity index (χ1) is 15.0. The van der Waals surface area contributed by atoms with Gasteiger partial charge in [0.05, 0.1) is 25.2 Å². The van der Waals surface area contributed by atoms with Crippen molar-refractivity contribution >= 4 is 27.9 Å². The lowest BCUT2D eigenvalue weighted by molar-refractivity contribution is -0.141. The standard InChI is InChI=1S/C20H33N5O6S/c1-12-10-16(30-5)13(2)14(3)18(12)32(28,29)25-20(21)23-9-7-8-15(22-4)19(27)24-11-17(26)31-6/h10,15,22H,7-9,11H2,1-6H3,(H,24,27)(H3,21,23,25)/t15-/m0/s1. The molecule has 1 atom stereocenters. The predicted molar refractivity (Wildman–Crippen MR) is 121 cm³/mol. The van der Waals surface area contributed by atoms with E-state index in [2.05, 4.69) is 25.1 Å². The van der Waals surface area contributed by atoms with E-state index in [0.29, 0.717) is 29.7 Å². The number of aliphatic imine (C=N–C) groups is 1. The molecule has 11 nitrogen and oxygen atoms in total. The Morgan fingerprint density at radius 1 is 1.19 bits per heavy atom. The number of carbonyl (C=O) groups is 2. The Hall–Kier alpha value is -2.86. The minimum absolute atomic E-state index is 0.131. The Morgan fingerprint density at radius 3 is 2.41 bits per heavy atom. The van der Waals surface area contributed by atoms with Crippen molar-refractivity contribution < 1.29 is 27.5 Å². The number of amides is 1. The molecule has 1 aromatic rings. The van der Waals surface area contributed by atoms with Gasteiger partial charge in [0.2, 0.25) is 11.9 Å². The number of benzene rings is 1. The predicted octanol–water partition coefficient (Wildman–Crippen LogP) is -0.129. The minimum Gasteiger partial charge on any atom is -0.496 e. The van der Waals surface area contributed by atoms with Crippen LogP contribution in [0.5, 0.6) is 5.75 Å². The SMILES string of the molecule is CN[C@@H](CCCN=C(N)NS(=O)(=O)c1c(C)cc(OC)c(C)c1C)C(=O)NCC(=O)OC. The number of rotatable bonds is 11. The summed E-state index contributed by atoms with van der Waals surface area (Å²) in [5.41, 5.74) is 7.60. The minimum atomic E-state index is -3.94. The van der Waals surface area contributed by atoms with E-state index < -0.39 is 22.0 Å². The largest absolute Gasteiger partial charge is 0.496 e. The Labute approximate surface area is 189 Å². The van der Waals surface area contributed by atoms with Gasteiger partial charge in [-0.05, 0) is 63.4 Å². The zero-order valence-electron chi connectivity index (χ0n) is 19.4. The molecule has 0 fully saturated rings. The molecule has 1 amide bonds. The van der Waals surface area contributed by atoms with Crippen LogP contribution in [0.4, 0.5) is 0 Å². The molecule has 0 bridgehead atoms. The maximum Gasteiger partial charge on any atom is 0.325 e. The summed E-state index contributed by atoms with van der Waals surface area (Å²) in [6.45, 7) is 5.15. The van der Waals surface area contributed by atoms with E-state index in [1.807, 2.05) is 0 Å². The van der Waals surface area contributed by atoms with Crippen LogP contribution in [-0.2, 0) is 24.3 Å². The number of aryl methyl sites for hydroxylation is 1. The smallest absolute Gasteiger partial charge is 0.325 e. The molecule has 0 saturated heterocycles. The number of guanidine groups is 1. The summed E-state index contributed by atoms with van der Waals surface area (Å²) < 4.78 is 37.8. The molecule has 0 heterocycles. The zero-order chi connectivity index (χ0) is 24.5. The van der Waals surface area contributed by atoms with Crippen LogP contribution < -0.4 is 25.8 Å². The number of ether oxygens (including phenoxy) is 2. The lowest BCUT2D eigenvalue weighted by atomic mass is 10.1. The quantitative estimate of drug-likeness (QED) is 0.150. The van der Waals surface area contributed by atoms with Crippen LogP contribution in [0.2, 0.25) is 0 Å². The average molecular weight is 472 g/mol.